The molecule has 1 amide bonds. The van der Waals surface area contributed by atoms with Gasteiger partial charge in [0.15, 0.2) is 0 Å². The van der Waals surface area contributed by atoms with E-state index in [9.17, 15) is 14.7 Å². The molecular formula is C18H25N3O3. The van der Waals surface area contributed by atoms with E-state index < -0.39 is 0 Å². The van der Waals surface area contributed by atoms with E-state index >= 15 is 0 Å². The molecule has 1 aromatic rings. The Hall–Kier alpha value is -1.69. The van der Waals surface area contributed by atoms with E-state index in [2.05, 4.69) is 9.97 Å². The van der Waals surface area contributed by atoms with Crippen molar-refractivity contribution in [2.75, 3.05) is 19.7 Å². The molecule has 4 aliphatic carbocycles. The predicted molar refractivity (Wildman–Crippen MR) is 88.5 cm³/mol. The van der Waals surface area contributed by atoms with Crippen molar-refractivity contribution in [3.8, 4) is 0 Å². The lowest BCUT2D eigenvalue weighted by molar-refractivity contribution is -0.0662. The second-order valence-corrected chi connectivity index (χ2v) is 8.18. The number of carbonyl (C=O) groups is 1. The van der Waals surface area contributed by atoms with Gasteiger partial charge in [-0.2, -0.15) is 0 Å². The van der Waals surface area contributed by atoms with Crippen LogP contribution in [0.3, 0.4) is 0 Å². The normalized spacial score (nSPS) is 33.6. The van der Waals surface area contributed by atoms with E-state index in [0.717, 1.165) is 24.0 Å². The first kappa shape index (κ1) is 15.8. The maximum atomic E-state index is 12.8. The lowest BCUT2D eigenvalue weighted by Gasteiger charge is -2.57. The summed E-state index contributed by atoms with van der Waals surface area (Å²) in [5, 5.41) is 9.42. The third-order valence-corrected chi connectivity index (χ3v) is 6.23. The zero-order valence-electron chi connectivity index (χ0n) is 13.9. The summed E-state index contributed by atoms with van der Waals surface area (Å²) in [4.78, 5) is 32.4. The highest BCUT2D eigenvalue weighted by Gasteiger charge is 2.51. The second-order valence-electron chi connectivity index (χ2n) is 8.18. The van der Waals surface area contributed by atoms with Crippen LogP contribution in [0.25, 0.3) is 0 Å². The Morgan fingerprint density at radius 3 is 2.38 bits per heavy atom. The minimum Gasteiger partial charge on any atom is -0.395 e. The molecule has 6 heteroatoms. The van der Waals surface area contributed by atoms with E-state index in [1.165, 1.54) is 44.7 Å². The molecule has 0 saturated heterocycles. The molecule has 0 aromatic carbocycles. The molecule has 1 aromatic heterocycles. The quantitative estimate of drug-likeness (QED) is 0.854. The van der Waals surface area contributed by atoms with Gasteiger partial charge in [-0.1, -0.05) is 0 Å². The number of aromatic nitrogens is 2. The molecule has 4 aliphatic rings. The van der Waals surface area contributed by atoms with Crippen molar-refractivity contribution in [1.82, 2.24) is 14.9 Å². The maximum absolute atomic E-state index is 12.8. The van der Waals surface area contributed by atoms with E-state index in [1.807, 2.05) is 0 Å². The second kappa shape index (κ2) is 5.99. The molecule has 0 aliphatic heterocycles. The number of hydrogen-bond donors (Lipinski definition) is 2. The van der Waals surface area contributed by atoms with E-state index in [1.54, 1.807) is 4.90 Å². The van der Waals surface area contributed by atoms with Gasteiger partial charge in [-0.25, -0.2) is 0 Å². The summed E-state index contributed by atoms with van der Waals surface area (Å²) >= 11 is 0. The fraction of sp³-hybridized carbons (Fsp3) is 0.722. The topological polar surface area (TPSA) is 86.3 Å². The van der Waals surface area contributed by atoms with Gasteiger partial charge in [0.1, 0.15) is 5.69 Å². The van der Waals surface area contributed by atoms with Gasteiger partial charge in [0.2, 0.25) is 0 Å². The Morgan fingerprint density at radius 1 is 1.21 bits per heavy atom. The number of aromatic amines is 1. The molecule has 4 bridgehead atoms. The van der Waals surface area contributed by atoms with Gasteiger partial charge in [0, 0.05) is 13.1 Å². The Morgan fingerprint density at radius 2 is 1.83 bits per heavy atom. The molecule has 130 valence electrons. The highest BCUT2D eigenvalue weighted by Crippen LogP contribution is 2.60. The smallest absolute Gasteiger partial charge is 0.272 e. The van der Waals surface area contributed by atoms with Gasteiger partial charge < -0.3 is 15.0 Å². The number of nitrogens with one attached hydrogen (secondary N) is 1. The summed E-state index contributed by atoms with van der Waals surface area (Å²) in [6, 6.07) is 0. The molecule has 4 fully saturated rings. The number of aliphatic hydroxyl groups excluding tert-OH is 1. The van der Waals surface area contributed by atoms with Crippen molar-refractivity contribution in [2.45, 2.75) is 38.5 Å². The SMILES string of the molecule is O=C(c1cncc(=O)[nH]1)N(CCO)CC12CC3CC(CC(C3)C1)C2. The first-order valence-electron chi connectivity index (χ1n) is 9.01. The molecule has 4 saturated carbocycles. The standard InChI is InChI=1S/C18H25N3O3/c22-2-1-21(17(24)15-9-19-10-16(23)20-15)11-18-6-12-3-13(7-18)5-14(4-12)8-18/h9-10,12-14,22H,1-8,11H2,(H,20,23). The monoisotopic (exact) mass is 331 g/mol. The van der Waals surface area contributed by atoms with Crippen molar-refractivity contribution in [1.29, 1.82) is 0 Å². The third-order valence-electron chi connectivity index (χ3n) is 6.23. The van der Waals surface area contributed by atoms with Crippen LogP contribution in [0.1, 0.15) is 49.0 Å². The average Bonchev–Trinajstić information content (AvgIpc) is 2.52. The number of hydrogen-bond acceptors (Lipinski definition) is 4. The van der Waals surface area contributed by atoms with Crippen LogP contribution < -0.4 is 5.56 Å². The van der Waals surface area contributed by atoms with E-state index in [0.29, 0.717) is 13.1 Å². The predicted octanol–water partition coefficient (Wildman–Crippen LogP) is 1.42. The van der Waals surface area contributed by atoms with Crippen LogP contribution in [0.5, 0.6) is 0 Å². The van der Waals surface area contributed by atoms with Gasteiger partial charge in [0.05, 0.1) is 19.0 Å². The van der Waals surface area contributed by atoms with Gasteiger partial charge in [-0.15, -0.1) is 0 Å². The Balaban J connectivity index is 1.55. The summed E-state index contributed by atoms with van der Waals surface area (Å²) in [5.74, 6) is 2.23. The zero-order valence-corrected chi connectivity index (χ0v) is 13.9. The number of rotatable bonds is 5. The molecule has 0 radical (unpaired) electrons. The summed E-state index contributed by atoms with van der Waals surface area (Å²) in [5.41, 5.74) is 0.0440. The average molecular weight is 331 g/mol. The van der Waals surface area contributed by atoms with Crippen molar-refractivity contribution in [2.24, 2.45) is 23.2 Å². The van der Waals surface area contributed by atoms with Gasteiger partial charge in [-0.3, -0.25) is 14.6 Å². The lowest BCUT2D eigenvalue weighted by atomic mass is 9.49. The van der Waals surface area contributed by atoms with Gasteiger partial charge >= 0.3 is 0 Å². The van der Waals surface area contributed by atoms with Gasteiger partial charge in [0.25, 0.3) is 11.5 Å². The Kier molecular flexibility index (Phi) is 3.95. The van der Waals surface area contributed by atoms with Crippen LogP contribution in [0.2, 0.25) is 0 Å². The Bertz CT molecular complexity index is 649. The molecule has 0 spiro atoms. The van der Waals surface area contributed by atoms with Crippen LogP contribution >= 0.6 is 0 Å². The summed E-state index contributed by atoms with van der Waals surface area (Å²) in [6.45, 7) is 0.924. The minimum atomic E-state index is -0.375. The van der Waals surface area contributed by atoms with Crippen molar-refractivity contribution in [3.05, 3.63) is 28.4 Å². The number of H-pyrrole nitrogens is 1. The maximum Gasteiger partial charge on any atom is 0.272 e. The Labute approximate surface area is 141 Å². The molecule has 24 heavy (non-hydrogen) atoms. The number of carbonyl (C=O) groups excluding carboxylic acids is 1. The molecule has 5 rings (SSSR count). The van der Waals surface area contributed by atoms with E-state index in [4.69, 9.17) is 0 Å². The number of amides is 1. The molecule has 0 atom stereocenters. The van der Waals surface area contributed by atoms with Crippen LogP contribution in [0.15, 0.2) is 17.2 Å². The summed E-state index contributed by atoms with van der Waals surface area (Å²) in [6.07, 6.45) is 10.3. The molecule has 2 N–H and O–H groups in total. The molecule has 1 heterocycles. The van der Waals surface area contributed by atoms with E-state index in [-0.39, 0.29) is 29.2 Å². The first-order valence-corrected chi connectivity index (χ1v) is 9.01. The molecule has 0 unspecified atom stereocenters. The van der Waals surface area contributed by atoms with Crippen molar-refractivity contribution < 1.29 is 9.90 Å². The summed E-state index contributed by atoms with van der Waals surface area (Å²) < 4.78 is 0. The molecular weight excluding hydrogens is 306 g/mol. The van der Waals surface area contributed by atoms with Crippen LogP contribution in [0, 0.1) is 23.2 Å². The van der Waals surface area contributed by atoms with Crippen LogP contribution in [-0.4, -0.2) is 45.6 Å². The summed E-state index contributed by atoms with van der Waals surface area (Å²) in [7, 11) is 0. The fourth-order valence-corrected chi connectivity index (χ4v) is 5.92. The van der Waals surface area contributed by atoms with Crippen molar-refractivity contribution >= 4 is 5.91 Å². The zero-order chi connectivity index (χ0) is 16.7. The lowest BCUT2D eigenvalue weighted by Crippen LogP contribution is -2.52. The largest absolute Gasteiger partial charge is 0.395 e. The third kappa shape index (κ3) is 2.88. The van der Waals surface area contributed by atoms with Gasteiger partial charge in [-0.05, 0) is 61.7 Å². The highest BCUT2D eigenvalue weighted by atomic mass is 16.3. The van der Waals surface area contributed by atoms with Crippen LogP contribution in [-0.2, 0) is 0 Å². The van der Waals surface area contributed by atoms with Crippen LogP contribution in [0.4, 0.5) is 0 Å². The first-order chi connectivity index (χ1) is 11.6. The fourth-order valence-electron chi connectivity index (χ4n) is 5.92. The highest BCUT2D eigenvalue weighted by molar-refractivity contribution is 5.92. The van der Waals surface area contributed by atoms with Crippen molar-refractivity contribution in [3.63, 3.8) is 0 Å². The number of nitrogens with zero attached hydrogens (tertiary/aromatic N) is 2. The minimum absolute atomic E-state index is 0.0669. The number of aliphatic hydroxyl groups is 1. The molecule has 6 nitrogen and oxygen atoms in total.